The van der Waals surface area contributed by atoms with Gasteiger partial charge >= 0.3 is 5.97 Å². The Labute approximate surface area is 139 Å². The Hall–Kier alpha value is -3.02. The average Bonchev–Trinajstić information content (AvgIpc) is 2.96. The van der Waals surface area contributed by atoms with E-state index in [9.17, 15) is 4.79 Å². The summed E-state index contributed by atoms with van der Waals surface area (Å²) in [5.74, 6) is -0.299. The van der Waals surface area contributed by atoms with E-state index in [1.54, 1.807) is 25.6 Å². The summed E-state index contributed by atoms with van der Waals surface area (Å²) in [7, 11) is 1.95. The number of aryl methyl sites for hydroxylation is 1. The first-order chi connectivity index (χ1) is 11.7. The molecule has 1 aromatic carbocycles. The molecule has 0 aliphatic heterocycles. The number of hydrogen-bond donors (Lipinski definition) is 0. The van der Waals surface area contributed by atoms with Gasteiger partial charge in [0.05, 0.1) is 41.8 Å². The number of hydrogen-bond acceptors (Lipinski definition) is 5. The highest BCUT2D eigenvalue weighted by molar-refractivity contribution is 6.10. The summed E-state index contributed by atoms with van der Waals surface area (Å²) in [5.41, 5.74) is 4.14. The molecule has 0 aliphatic carbocycles. The van der Waals surface area contributed by atoms with E-state index in [4.69, 9.17) is 4.74 Å². The fourth-order valence-corrected chi connectivity index (χ4v) is 2.45. The smallest absolute Gasteiger partial charge is 0.311 e. The lowest BCUT2D eigenvalue weighted by molar-refractivity contribution is -0.141. The van der Waals surface area contributed by atoms with Gasteiger partial charge in [0, 0.05) is 19.4 Å². The monoisotopic (exact) mass is 322 g/mol. The van der Waals surface area contributed by atoms with Crippen LogP contribution in [0.3, 0.4) is 0 Å². The number of nitrogens with zero attached hydrogens (tertiary/aromatic N) is 4. The SMILES string of the molecule is CCOC(=O)CC(=Nc1ccc2c(c1)ncn2C)c1ccncc1. The maximum Gasteiger partial charge on any atom is 0.311 e. The Balaban J connectivity index is 1.98. The predicted molar refractivity (Wildman–Crippen MR) is 92.4 cm³/mol. The molecule has 2 aromatic heterocycles. The predicted octanol–water partition coefficient (Wildman–Crippen LogP) is 3.04. The van der Waals surface area contributed by atoms with Gasteiger partial charge in [-0.25, -0.2) is 4.98 Å². The van der Waals surface area contributed by atoms with Crippen molar-refractivity contribution in [1.29, 1.82) is 0 Å². The minimum atomic E-state index is -0.299. The molecule has 0 unspecified atom stereocenters. The van der Waals surface area contributed by atoms with E-state index in [1.807, 2.05) is 41.9 Å². The topological polar surface area (TPSA) is 69.4 Å². The van der Waals surface area contributed by atoms with Crippen LogP contribution in [0.1, 0.15) is 18.9 Å². The van der Waals surface area contributed by atoms with E-state index < -0.39 is 0 Å². The third-order valence-electron chi connectivity index (χ3n) is 3.60. The molecule has 0 radical (unpaired) electrons. The summed E-state index contributed by atoms with van der Waals surface area (Å²) < 4.78 is 7.00. The molecule has 0 saturated heterocycles. The number of benzene rings is 1. The lowest BCUT2D eigenvalue weighted by Gasteiger charge is -2.07. The highest BCUT2D eigenvalue weighted by Gasteiger charge is 2.11. The van der Waals surface area contributed by atoms with E-state index in [-0.39, 0.29) is 12.4 Å². The molecule has 2 heterocycles. The minimum absolute atomic E-state index is 0.109. The van der Waals surface area contributed by atoms with Crippen molar-refractivity contribution in [3.05, 3.63) is 54.6 Å². The molecule has 0 N–H and O–H groups in total. The summed E-state index contributed by atoms with van der Waals surface area (Å²) in [5, 5.41) is 0. The van der Waals surface area contributed by atoms with Gasteiger partial charge in [-0.3, -0.25) is 14.8 Å². The largest absolute Gasteiger partial charge is 0.466 e. The third kappa shape index (κ3) is 3.48. The zero-order valence-corrected chi connectivity index (χ0v) is 13.6. The second-order valence-electron chi connectivity index (χ2n) is 5.30. The first-order valence-electron chi connectivity index (χ1n) is 7.72. The lowest BCUT2D eigenvalue weighted by Crippen LogP contribution is -2.12. The van der Waals surface area contributed by atoms with Crippen molar-refractivity contribution in [2.75, 3.05) is 6.61 Å². The quantitative estimate of drug-likeness (QED) is 0.535. The Morgan fingerprint density at radius 2 is 2.04 bits per heavy atom. The van der Waals surface area contributed by atoms with Crippen molar-refractivity contribution >= 4 is 28.4 Å². The van der Waals surface area contributed by atoms with E-state index in [1.165, 1.54) is 0 Å². The molecule has 0 atom stereocenters. The molecule has 6 nitrogen and oxygen atoms in total. The molecule has 0 saturated carbocycles. The van der Waals surface area contributed by atoms with Gasteiger partial charge in [0.15, 0.2) is 0 Å². The highest BCUT2D eigenvalue weighted by atomic mass is 16.5. The van der Waals surface area contributed by atoms with Crippen molar-refractivity contribution in [2.24, 2.45) is 12.0 Å². The van der Waals surface area contributed by atoms with Crippen molar-refractivity contribution < 1.29 is 9.53 Å². The Morgan fingerprint density at radius 3 is 2.79 bits per heavy atom. The number of pyridine rings is 1. The molecule has 122 valence electrons. The minimum Gasteiger partial charge on any atom is -0.466 e. The highest BCUT2D eigenvalue weighted by Crippen LogP contribution is 2.21. The van der Waals surface area contributed by atoms with Crippen LogP contribution in [0.4, 0.5) is 5.69 Å². The van der Waals surface area contributed by atoms with Crippen molar-refractivity contribution in [3.8, 4) is 0 Å². The molecular weight excluding hydrogens is 304 g/mol. The Kier molecular flexibility index (Phi) is 4.65. The van der Waals surface area contributed by atoms with Gasteiger partial charge in [-0.15, -0.1) is 0 Å². The number of fused-ring (bicyclic) bond motifs is 1. The van der Waals surface area contributed by atoms with Gasteiger partial charge < -0.3 is 9.30 Å². The number of carbonyl (C=O) groups is 1. The molecule has 6 heteroatoms. The first kappa shape index (κ1) is 15.9. The van der Waals surface area contributed by atoms with E-state index in [2.05, 4.69) is 15.0 Å². The second-order valence-corrected chi connectivity index (χ2v) is 5.30. The fourth-order valence-electron chi connectivity index (χ4n) is 2.45. The number of rotatable bonds is 5. The average molecular weight is 322 g/mol. The van der Waals surface area contributed by atoms with Gasteiger partial charge in [0.2, 0.25) is 0 Å². The fraction of sp³-hybridized carbons (Fsp3) is 0.222. The second kappa shape index (κ2) is 7.04. The van der Waals surface area contributed by atoms with Crippen molar-refractivity contribution in [2.45, 2.75) is 13.3 Å². The summed E-state index contributed by atoms with van der Waals surface area (Å²) in [6, 6.07) is 9.45. The number of esters is 1. The Bertz CT molecular complexity index is 884. The molecule has 3 aromatic rings. The Morgan fingerprint density at radius 1 is 1.25 bits per heavy atom. The summed E-state index contributed by atoms with van der Waals surface area (Å²) in [4.78, 5) is 24.9. The molecule has 24 heavy (non-hydrogen) atoms. The number of imidazole rings is 1. The van der Waals surface area contributed by atoms with Crippen LogP contribution in [0.5, 0.6) is 0 Å². The molecule has 0 aliphatic rings. The van der Waals surface area contributed by atoms with Crippen LogP contribution in [-0.4, -0.2) is 32.8 Å². The number of ether oxygens (including phenoxy) is 1. The maximum atomic E-state index is 11.9. The maximum absolute atomic E-state index is 11.9. The van der Waals surface area contributed by atoms with E-state index in [0.717, 1.165) is 22.3 Å². The van der Waals surface area contributed by atoms with Gasteiger partial charge in [-0.2, -0.15) is 0 Å². The first-order valence-corrected chi connectivity index (χ1v) is 7.72. The van der Waals surface area contributed by atoms with Crippen LogP contribution in [0.15, 0.2) is 54.0 Å². The van der Waals surface area contributed by atoms with Gasteiger partial charge in [0.1, 0.15) is 0 Å². The van der Waals surface area contributed by atoms with Crippen LogP contribution in [0, 0.1) is 0 Å². The number of carbonyl (C=O) groups excluding carboxylic acids is 1. The van der Waals surface area contributed by atoms with Crippen LogP contribution in [0.2, 0.25) is 0 Å². The van der Waals surface area contributed by atoms with E-state index in [0.29, 0.717) is 12.3 Å². The van der Waals surface area contributed by atoms with E-state index >= 15 is 0 Å². The molecule has 0 amide bonds. The molecule has 3 rings (SSSR count). The summed E-state index contributed by atoms with van der Waals surface area (Å²) in [6.45, 7) is 2.14. The molecule has 0 bridgehead atoms. The molecule has 0 spiro atoms. The zero-order chi connectivity index (χ0) is 16.9. The number of aromatic nitrogens is 3. The van der Waals surface area contributed by atoms with Crippen LogP contribution in [0.25, 0.3) is 11.0 Å². The third-order valence-corrected chi connectivity index (χ3v) is 3.60. The standard InChI is InChI=1S/C18H18N4O2/c1-3-24-18(23)11-15(13-6-8-19-9-7-13)21-14-4-5-17-16(10-14)20-12-22(17)2/h4-10,12H,3,11H2,1-2H3. The summed E-state index contributed by atoms with van der Waals surface area (Å²) in [6.07, 6.45) is 5.23. The van der Waals surface area contributed by atoms with Gasteiger partial charge in [0.25, 0.3) is 0 Å². The van der Waals surface area contributed by atoms with Gasteiger partial charge in [-0.1, -0.05) is 0 Å². The molecule has 0 fully saturated rings. The van der Waals surface area contributed by atoms with Crippen molar-refractivity contribution in [1.82, 2.24) is 14.5 Å². The summed E-state index contributed by atoms with van der Waals surface area (Å²) >= 11 is 0. The van der Waals surface area contributed by atoms with Crippen LogP contribution in [-0.2, 0) is 16.6 Å². The number of aliphatic imine (C=N–C) groups is 1. The van der Waals surface area contributed by atoms with Crippen LogP contribution < -0.4 is 0 Å². The normalized spacial score (nSPS) is 11.7. The lowest BCUT2D eigenvalue weighted by atomic mass is 10.1. The zero-order valence-electron chi connectivity index (χ0n) is 13.6. The van der Waals surface area contributed by atoms with Crippen LogP contribution >= 0.6 is 0 Å². The van der Waals surface area contributed by atoms with Gasteiger partial charge in [-0.05, 0) is 42.8 Å². The van der Waals surface area contributed by atoms with Crippen molar-refractivity contribution in [3.63, 3.8) is 0 Å². The molecular formula is C18H18N4O2.